The number of halogens is 1. The normalized spacial score (nSPS) is 26.3. The number of methoxy groups -OCH3 is 2. The fourth-order valence-electron chi connectivity index (χ4n) is 7.18. The minimum atomic E-state index is -0.381. The molecule has 0 aliphatic heterocycles. The molecule has 4 fully saturated rings. The Labute approximate surface area is 223 Å². The van der Waals surface area contributed by atoms with Crippen molar-refractivity contribution in [3.63, 3.8) is 0 Å². The first-order valence-electron chi connectivity index (χ1n) is 13.0. The molecule has 1 atom stereocenters. The highest BCUT2D eigenvalue weighted by atomic mass is 35.5. The number of nitrogens with one attached hydrogen (secondary N) is 2. The summed E-state index contributed by atoms with van der Waals surface area (Å²) in [5.41, 5.74) is 1.20. The number of hydrogen-bond acceptors (Lipinski definition) is 5. The molecule has 0 saturated heterocycles. The molecule has 4 saturated carbocycles. The van der Waals surface area contributed by atoms with Crippen LogP contribution < -0.4 is 24.8 Å². The van der Waals surface area contributed by atoms with Crippen LogP contribution in [0.1, 0.15) is 55.8 Å². The summed E-state index contributed by atoms with van der Waals surface area (Å²) in [4.78, 5) is 25.7. The first-order chi connectivity index (χ1) is 17.8. The van der Waals surface area contributed by atoms with Gasteiger partial charge in [-0.3, -0.25) is 9.59 Å². The van der Waals surface area contributed by atoms with E-state index in [4.69, 9.17) is 25.8 Å². The summed E-state index contributed by atoms with van der Waals surface area (Å²) >= 11 is 6.03. The molecule has 1 unspecified atom stereocenters. The van der Waals surface area contributed by atoms with Gasteiger partial charge in [0.2, 0.25) is 0 Å². The van der Waals surface area contributed by atoms with Gasteiger partial charge in [0, 0.05) is 16.6 Å². The number of benzene rings is 2. The molecule has 4 bridgehead atoms. The monoisotopic (exact) mass is 526 g/mol. The van der Waals surface area contributed by atoms with Crippen LogP contribution in [0.4, 0.5) is 5.69 Å². The fraction of sp³-hybridized carbons (Fsp3) is 0.517. The van der Waals surface area contributed by atoms with Crippen molar-refractivity contribution in [1.29, 1.82) is 0 Å². The number of carbonyl (C=O) groups is 2. The van der Waals surface area contributed by atoms with Crippen LogP contribution in [0.5, 0.6) is 17.2 Å². The molecular weight excluding hydrogens is 492 g/mol. The molecule has 6 rings (SSSR count). The van der Waals surface area contributed by atoms with Crippen molar-refractivity contribution < 1.29 is 23.8 Å². The van der Waals surface area contributed by atoms with E-state index in [1.165, 1.54) is 52.7 Å². The van der Waals surface area contributed by atoms with Crippen molar-refractivity contribution in [3.05, 3.63) is 47.0 Å². The van der Waals surface area contributed by atoms with E-state index in [9.17, 15) is 9.59 Å². The van der Waals surface area contributed by atoms with E-state index in [0.29, 0.717) is 33.5 Å². The highest BCUT2D eigenvalue weighted by Gasteiger charge is 2.53. The lowest BCUT2D eigenvalue weighted by atomic mass is 9.48. The highest BCUT2D eigenvalue weighted by molar-refractivity contribution is 6.31. The maximum Gasteiger partial charge on any atom is 0.262 e. The number of anilines is 1. The molecule has 2 aromatic rings. The second-order valence-corrected chi connectivity index (χ2v) is 11.5. The van der Waals surface area contributed by atoms with Crippen LogP contribution in [0.25, 0.3) is 0 Å². The lowest BCUT2D eigenvalue weighted by molar-refractivity contribution is -0.118. The van der Waals surface area contributed by atoms with Gasteiger partial charge < -0.3 is 24.8 Å². The number of ether oxygens (including phenoxy) is 3. The van der Waals surface area contributed by atoms with Crippen LogP contribution in [-0.4, -0.2) is 38.7 Å². The molecule has 198 valence electrons. The van der Waals surface area contributed by atoms with Gasteiger partial charge in [-0.05, 0) is 105 Å². The summed E-state index contributed by atoms with van der Waals surface area (Å²) in [5, 5.41) is 6.51. The average Bonchev–Trinajstić information content (AvgIpc) is 2.86. The second kappa shape index (κ2) is 10.4. The first kappa shape index (κ1) is 25.7. The SMILES string of the molecule is COc1ccc(Cl)cc1NC(=O)COc1ccc(C(=O)NC(C)C23CC4CC(CC(C4)C2)C3)cc1OC. The minimum absolute atomic E-state index is 0.112. The van der Waals surface area contributed by atoms with Gasteiger partial charge in [-0.2, -0.15) is 0 Å². The van der Waals surface area contributed by atoms with Gasteiger partial charge in [-0.25, -0.2) is 0 Å². The Hall–Kier alpha value is -2.93. The Bertz CT molecular complexity index is 1150. The van der Waals surface area contributed by atoms with Crippen molar-refractivity contribution in [3.8, 4) is 17.2 Å². The molecule has 0 spiro atoms. The lowest BCUT2D eigenvalue weighted by Gasteiger charge is -2.59. The zero-order valence-electron chi connectivity index (χ0n) is 21.6. The van der Waals surface area contributed by atoms with Crippen molar-refractivity contribution in [1.82, 2.24) is 5.32 Å². The molecule has 0 radical (unpaired) electrons. The van der Waals surface area contributed by atoms with Crippen molar-refractivity contribution >= 4 is 29.1 Å². The predicted molar refractivity (Wildman–Crippen MR) is 143 cm³/mol. The summed E-state index contributed by atoms with van der Waals surface area (Å²) in [5.74, 6) is 3.27. The van der Waals surface area contributed by atoms with E-state index < -0.39 is 0 Å². The van der Waals surface area contributed by atoms with Crippen molar-refractivity contribution in [2.75, 3.05) is 26.1 Å². The van der Waals surface area contributed by atoms with Gasteiger partial charge in [0.15, 0.2) is 18.1 Å². The van der Waals surface area contributed by atoms with Crippen LogP contribution in [0, 0.1) is 23.2 Å². The summed E-state index contributed by atoms with van der Waals surface area (Å²) < 4.78 is 16.4. The molecule has 7 nitrogen and oxygen atoms in total. The Kier molecular flexibility index (Phi) is 7.26. The number of rotatable bonds is 9. The first-order valence-corrected chi connectivity index (χ1v) is 13.4. The molecule has 2 N–H and O–H groups in total. The quantitative estimate of drug-likeness (QED) is 0.437. The van der Waals surface area contributed by atoms with E-state index >= 15 is 0 Å². The zero-order chi connectivity index (χ0) is 26.2. The third-order valence-electron chi connectivity index (χ3n) is 8.57. The Morgan fingerprint density at radius 3 is 2.19 bits per heavy atom. The molecule has 0 aromatic heterocycles. The smallest absolute Gasteiger partial charge is 0.262 e. The largest absolute Gasteiger partial charge is 0.495 e. The summed E-state index contributed by atoms with van der Waals surface area (Å²) in [6, 6.07) is 10.1. The number of amides is 2. The third-order valence-corrected chi connectivity index (χ3v) is 8.81. The maximum absolute atomic E-state index is 13.2. The Balaban J connectivity index is 1.20. The van der Waals surface area contributed by atoms with E-state index in [-0.39, 0.29) is 29.9 Å². The van der Waals surface area contributed by atoms with E-state index in [1.54, 1.807) is 36.4 Å². The topological polar surface area (TPSA) is 85.9 Å². The standard InChI is InChI=1S/C29H35ClN2O5/c1-17(29-13-18-8-19(14-29)10-20(9-18)15-29)31-28(34)21-4-6-25(26(11-21)36-3)37-16-27(33)32-23-12-22(30)5-7-24(23)35-2/h4-7,11-12,17-20H,8-10,13-16H2,1-3H3,(H,31,34)(H,32,33). The molecule has 4 aliphatic carbocycles. The van der Waals surface area contributed by atoms with E-state index in [2.05, 4.69) is 17.6 Å². The summed E-state index contributed by atoms with van der Waals surface area (Å²) in [6.45, 7) is 1.92. The number of carbonyl (C=O) groups excluding carboxylic acids is 2. The predicted octanol–water partition coefficient (Wildman–Crippen LogP) is 5.71. The van der Waals surface area contributed by atoms with Crippen LogP contribution in [0.15, 0.2) is 36.4 Å². The van der Waals surface area contributed by atoms with Gasteiger partial charge in [-0.15, -0.1) is 0 Å². The summed E-state index contributed by atoms with van der Waals surface area (Å²) in [6.07, 6.45) is 7.84. The van der Waals surface area contributed by atoms with Gasteiger partial charge in [0.1, 0.15) is 5.75 Å². The lowest BCUT2D eigenvalue weighted by Crippen LogP contribution is -2.55. The van der Waals surface area contributed by atoms with Crippen LogP contribution in [0.3, 0.4) is 0 Å². The van der Waals surface area contributed by atoms with Crippen LogP contribution >= 0.6 is 11.6 Å². The molecule has 37 heavy (non-hydrogen) atoms. The maximum atomic E-state index is 13.2. The molecular formula is C29H35ClN2O5. The Morgan fingerprint density at radius 2 is 1.57 bits per heavy atom. The number of hydrogen-bond donors (Lipinski definition) is 2. The van der Waals surface area contributed by atoms with E-state index in [1.807, 2.05) is 0 Å². The molecule has 4 aliphatic rings. The van der Waals surface area contributed by atoms with Crippen LogP contribution in [0.2, 0.25) is 5.02 Å². The third kappa shape index (κ3) is 5.37. The molecule has 8 heteroatoms. The summed E-state index contributed by atoms with van der Waals surface area (Å²) in [7, 11) is 3.03. The molecule has 2 aromatic carbocycles. The zero-order valence-corrected chi connectivity index (χ0v) is 22.4. The average molecular weight is 527 g/mol. The second-order valence-electron chi connectivity index (χ2n) is 11.0. The van der Waals surface area contributed by atoms with E-state index in [0.717, 1.165) is 17.8 Å². The van der Waals surface area contributed by atoms with Crippen molar-refractivity contribution in [2.45, 2.75) is 51.5 Å². The van der Waals surface area contributed by atoms with Gasteiger partial charge >= 0.3 is 0 Å². The highest BCUT2D eigenvalue weighted by Crippen LogP contribution is 2.61. The van der Waals surface area contributed by atoms with Crippen molar-refractivity contribution in [2.24, 2.45) is 23.2 Å². The molecule has 2 amide bonds. The van der Waals surface area contributed by atoms with Gasteiger partial charge in [0.05, 0.1) is 19.9 Å². The van der Waals surface area contributed by atoms with Gasteiger partial charge in [-0.1, -0.05) is 11.6 Å². The Morgan fingerprint density at radius 1 is 0.946 bits per heavy atom. The molecule has 0 heterocycles. The fourth-order valence-corrected chi connectivity index (χ4v) is 7.35. The van der Waals surface area contributed by atoms with Crippen LogP contribution in [-0.2, 0) is 4.79 Å². The minimum Gasteiger partial charge on any atom is -0.495 e. The van der Waals surface area contributed by atoms with Gasteiger partial charge in [0.25, 0.3) is 11.8 Å².